The van der Waals surface area contributed by atoms with E-state index in [0.717, 1.165) is 0 Å². The molecular weight excluding hydrogens is 257 g/mol. The van der Waals surface area contributed by atoms with Gasteiger partial charge in [-0.2, -0.15) is 0 Å². The van der Waals surface area contributed by atoms with Gasteiger partial charge < -0.3 is 5.32 Å². The fourth-order valence-electron chi connectivity index (χ4n) is 0.981. The number of halogens is 2. The number of benzene rings is 1. The Morgan fingerprint density at radius 2 is 2.33 bits per heavy atom. The van der Waals surface area contributed by atoms with Crippen molar-refractivity contribution < 1.29 is 4.39 Å². The summed E-state index contributed by atoms with van der Waals surface area (Å²) in [6.45, 7) is 0. The molecule has 0 amide bonds. The average Bonchev–Trinajstić information content (AvgIpc) is 2.58. The minimum atomic E-state index is -0.471. The first-order valence-corrected chi connectivity index (χ1v) is 5.53. The largest absolute Gasteiger partial charge is 0.330 e. The van der Waals surface area contributed by atoms with E-state index in [1.165, 1.54) is 23.5 Å². The number of anilines is 2. The van der Waals surface area contributed by atoms with Crippen LogP contribution in [0.3, 0.4) is 0 Å². The summed E-state index contributed by atoms with van der Waals surface area (Å²) in [5.41, 5.74) is 0.578. The number of hydrogen-bond donors (Lipinski definition) is 2. The lowest BCUT2D eigenvalue weighted by Gasteiger charge is -2.02. The highest BCUT2D eigenvalue weighted by Gasteiger charge is 2.02. The summed E-state index contributed by atoms with van der Waals surface area (Å²) >= 11 is 11.7. The number of aromatic nitrogens is 2. The van der Waals surface area contributed by atoms with Crippen molar-refractivity contribution in [2.75, 3.05) is 5.32 Å². The highest BCUT2D eigenvalue weighted by atomic mass is 35.5. The number of H-pyrrole nitrogens is 1. The molecule has 2 aromatic rings. The van der Waals surface area contributed by atoms with Crippen molar-refractivity contribution in [3.05, 3.63) is 33.0 Å². The number of hydrogen-bond acceptors (Lipinski definition) is 4. The second-order valence-electron chi connectivity index (χ2n) is 2.67. The first kappa shape index (κ1) is 10.5. The van der Waals surface area contributed by atoms with Crippen molar-refractivity contribution in [3.63, 3.8) is 0 Å². The van der Waals surface area contributed by atoms with Crippen LogP contribution >= 0.6 is 35.2 Å². The Balaban J connectivity index is 2.24. The van der Waals surface area contributed by atoms with Gasteiger partial charge in [0.05, 0.1) is 5.02 Å². The van der Waals surface area contributed by atoms with E-state index in [9.17, 15) is 4.39 Å². The molecule has 0 radical (unpaired) electrons. The van der Waals surface area contributed by atoms with E-state index in [1.54, 1.807) is 6.07 Å². The van der Waals surface area contributed by atoms with Crippen molar-refractivity contribution in [1.29, 1.82) is 0 Å². The third-order valence-corrected chi connectivity index (χ3v) is 2.92. The zero-order valence-corrected chi connectivity index (χ0v) is 9.64. The maximum atomic E-state index is 13.1. The van der Waals surface area contributed by atoms with Crippen LogP contribution in [0.25, 0.3) is 0 Å². The first-order chi connectivity index (χ1) is 7.15. The van der Waals surface area contributed by atoms with Gasteiger partial charge in [0.25, 0.3) is 0 Å². The van der Waals surface area contributed by atoms with Crippen LogP contribution in [-0.4, -0.2) is 10.2 Å². The van der Waals surface area contributed by atoms with Gasteiger partial charge >= 0.3 is 0 Å². The molecule has 0 bridgehead atoms. The van der Waals surface area contributed by atoms with Gasteiger partial charge in [-0.1, -0.05) is 22.9 Å². The summed E-state index contributed by atoms with van der Waals surface area (Å²) in [4.78, 5) is 0. The summed E-state index contributed by atoms with van der Waals surface area (Å²) in [5.74, 6) is -0.471. The van der Waals surface area contributed by atoms with E-state index in [0.29, 0.717) is 14.8 Å². The Morgan fingerprint density at radius 1 is 1.53 bits per heavy atom. The van der Waals surface area contributed by atoms with Crippen molar-refractivity contribution in [2.24, 2.45) is 0 Å². The molecule has 0 unspecified atom stereocenters. The summed E-state index contributed by atoms with van der Waals surface area (Å²) in [7, 11) is 0. The van der Waals surface area contributed by atoms with Gasteiger partial charge in [0, 0.05) is 5.69 Å². The zero-order chi connectivity index (χ0) is 10.8. The molecule has 7 heteroatoms. The fourth-order valence-corrected chi connectivity index (χ4v) is 1.91. The van der Waals surface area contributed by atoms with Gasteiger partial charge in [0.2, 0.25) is 5.13 Å². The Hall–Kier alpha value is -0.980. The van der Waals surface area contributed by atoms with Gasteiger partial charge in [0.1, 0.15) is 5.82 Å². The number of nitrogens with one attached hydrogen (secondary N) is 2. The third kappa shape index (κ3) is 2.53. The Kier molecular flexibility index (Phi) is 2.99. The zero-order valence-electron chi connectivity index (χ0n) is 7.25. The predicted molar refractivity (Wildman–Crippen MR) is 62.0 cm³/mol. The molecule has 0 aliphatic carbocycles. The molecule has 0 saturated carbocycles. The highest BCUT2D eigenvalue weighted by Crippen LogP contribution is 2.22. The molecule has 2 N–H and O–H groups in total. The fraction of sp³-hybridized carbons (Fsp3) is 0. The molecule has 0 aliphatic rings. The topological polar surface area (TPSA) is 40.7 Å². The van der Waals surface area contributed by atoms with E-state index < -0.39 is 5.82 Å². The predicted octanol–water partition coefficient (Wildman–Crippen LogP) is 3.74. The maximum absolute atomic E-state index is 13.1. The van der Waals surface area contributed by atoms with Crippen LogP contribution in [0.2, 0.25) is 5.02 Å². The standard InChI is InChI=1S/C8H5ClFN3S2/c9-5-2-1-4(3-6(5)10)11-7-12-13-8(14)15-7/h1-3H,(H,11,12)(H,13,14). The smallest absolute Gasteiger partial charge is 0.208 e. The van der Waals surface area contributed by atoms with Gasteiger partial charge in [0.15, 0.2) is 3.95 Å². The molecule has 2 rings (SSSR count). The van der Waals surface area contributed by atoms with Crippen molar-refractivity contribution in [1.82, 2.24) is 10.2 Å². The Bertz CT molecular complexity index is 537. The SMILES string of the molecule is Fc1cc(Nc2n[nH]c(=S)s2)ccc1Cl. The lowest BCUT2D eigenvalue weighted by Crippen LogP contribution is -1.90. The molecule has 0 fully saturated rings. The van der Waals surface area contributed by atoms with Crippen LogP contribution in [0.4, 0.5) is 15.2 Å². The minimum Gasteiger partial charge on any atom is -0.330 e. The number of rotatable bonds is 2. The van der Waals surface area contributed by atoms with Crippen molar-refractivity contribution in [2.45, 2.75) is 0 Å². The number of nitrogens with zero attached hydrogens (tertiary/aromatic N) is 1. The molecule has 0 atom stereocenters. The van der Waals surface area contributed by atoms with E-state index >= 15 is 0 Å². The van der Waals surface area contributed by atoms with E-state index in [2.05, 4.69) is 15.5 Å². The normalized spacial score (nSPS) is 10.3. The molecular formula is C8H5ClFN3S2. The summed E-state index contributed by atoms with van der Waals surface area (Å²) in [6.07, 6.45) is 0. The van der Waals surface area contributed by atoms with Crippen LogP contribution in [-0.2, 0) is 0 Å². The van der Waals surface area contributed by atoms with Gasteiger partial charge in [-0.3, -0.25) is 5.10 Å². The van der Waals surface area contributed by atoms with Gasteiger partial charge in [-0.15, -0.1) is 5.10 Å². The van der Waals surface area contributed by atoms with Crippen LogP contribution in [0.1, 0.15) is 0 Å². The lowest BCUT2D eigenvalue weighted by molar-refractivity contribution is 0.629. The highest BCUT2D eigenvalue weighted by molar-refractivity contribution is 7.73. The van der Waals surface area contributed by atoms with E-state index in [4.69, 9.17) is 23.8 Å². The third-order valence-electron chi connectivity index (χ3n) is 1.61. The maximum Gasteiger partial charge on any atom is 0.208 e. The number of aromatic amines is 1. The molecule has 78 valence electrons. The molecule has 3 nitrogen and oxygen atoms in total. The van der Waals surface area contributed by atoms with Crippen molar-refractivity contribution >= 4 is 46.0 Å². The summed E-state index contributed by atoms with van der Waals surface area (Å²) < 4.78 is 13.6. The molecule has 0 aliphatic heterocycles. The van der Waals surface area contributed by atoms with Gasteiger partial charge in [-0.25, -0.2) is 4.39 Å². The molecule has 0 spiro atoms. The second-order valence-corrected chi connectivity index (χ2v) is 4.75. The summed E-state index contributed by atoms with van der Waals surface area (Å²) in [6, 6.07) is 4.44. The van der Waals surface area contributed by atoms with Crippen LogP contribution in [0, 0.1) is 9.77 Å². The molecule has 0 saturated heterocycles. The van der Waals surface area contributed by atoms with Crippen LogP contribution < -0.4 is 5.32 Å². The molecule has 15 heavy (non-hydrogen) atoms. The lowest BCUT2D eigenvalue weighted by atomic mass is 10.3. The minimum absolute atomic E-state index is 0.0928. The first-order valence-electron chi connectivity index (χ1n) is 3.93. The van der Waals surface area contributed by atoms with E-state index in [1.807, 2.05) is 0 Å². The molecule has 1 heterocycles. The van der Waals surface area contributed by atoms with Crippen LogP contribution in [0.5, 0.6) is 0 Å². The van der Waals surface area contributed by atoms with E-state index in [-0.39, 0.29) is 5.02 Å². The Morgan fingerprint density at radius 3 is 2.93 bits per heavy atom. The monoisotopic (exact) mass is 261 g/mol. The Labute approximate surface area is 98.9 Å². The van der Waals surface area contributed by atoms with Crippen LogP contribution in [0.15, 0.2) is 18.2 Å². The van der Waals surface area contributed by atoms with Crippen molar-refractivity contribution in [3.8, 4) is 0 Å². The molecule has 1 aromatic carbocycles. The second kappa shape index (κ2) is 4.26. The summed E-state index contributed by atoms with van der Waals surface area (Å²) in [5, 5.41) is 10.1. The van der Waals surface area contributed by atoms with Gasteiger partial charge in [-0.05, 0) is 30.4 Å². The average molecular weight is 262 g/mol. The molecule has 1 aromatic heterocycles. The quantitative estimate of drug-likeness (QED) is 0.809.